The number of hydrogen-bond acceptors (Lipinski definition) is 9. The van der Waals surface area contributed by atoms with Crippen molar-refractivity contribution in [3.63, 3.8) is 0 Å². The van der Waals surface area contributed by atoms with E-state index in [9.17, 15) is 22.8 Å². The first-order valence-corrected chi connectivity index (χ1v) is 15.5. The molecule has 44 heavy (non-hydrogen) atoms. The second kappa shape index (κ2) is 15.0. The number of fused-ring (bicyclic) bond motifs is 1. The Hall–Kier alpha value is -4.26. The molecule has 0 saturated carbocycles. The molecule has 2 amide bonds. The van der Waals surface area contributed by atoms with Gasteiger partial charge in [-0.3, -0.25) is 19.3 Å². The van der Waals surface area contributed by atoms with Crippen LogP contribution in [0.4, 0.5) is 11.4 Å². The minimum absolute atomic E-state index is 0.0311. The lowest BCUT2D eigenvalue weighted by molar-refractivity contribution is -0.138. The van der Waals surface area contributed by atoms with Crippen molar-refractivity contribution in [3.8, 4) is 11.8 Å². The minimum atomic E-state index is -4.10. The minimum Gasteiger partial charge on any atom is -0.481 e. The van der Waals surface area contributed by atoms with Gasteiger partial charge in [-0.2, -0.15) is 4.31 Å². The van der Waals surface area contributed by atoms with Gasteiger partial charge in [0.15, 0.2) is 0 Å². The van der Waals surface area contributed by atoms with Crippen LogP contribution in [0.2, 0.25) is 0 Å². The SMILES string of the molecule is CN(CC(=O)N(CCC(=O)O)CCN1CCOCC1)S(=O)(=O)c1cccc(N/C=C2\C(=O)Nc3cccc(C#CCN)c32)c1. The fourth-order valence-electron chi connectivity index (χ4n) is 4.77. The Morgan fingerprint density at radius 2 is 1.93 bits per heavy atom. The van der Waals surface area contributed by atoms with Gasteiger partial charge < -0.3 is 31.1 Å². The van der Waals surface area contributed by atoms with Crippen molar-refractivity contribution in [1.82, 2.24) is 14.1 Å². The highest BCUT2D eigenvalue weighted by atomic mass is 32.2. The van der Waals surface area contributed by atoms with Gasteiger partial charge in [0.2, 0.25) is 15.9 Å². The molecule has 2 aliphatic rings. The van der Waals surface area contributed by atoms with Gasteiger partial charge in [0.1, 0.15) is 0 Å². The maximum Gasteiger partial charge on any atom is 0.305 e. The van der Waals surface area contributed by atoms with Crippen LogP contribution in [0.25, 0.3) is 5.57 Å². The van der Waals surface area contributed by atoms with E-state index in [0.29, 0.717) is 60.9 Å². The number of aliphatic carboxylic acids is 1. The predicted octanol–water partition coefficient (Wildman–Crippen LogP) is 0.658. The van der Waals surface area contributed by atoms with Gasteiger partial charge >= 0.3 is 5.97 Å². The van der Waals surface area contributed by atoms with Crippen LogP contribution in [0.5, 0.6) is 0 Å². The van der Waals surface area contributed by atoms with E-state index < -0.39 is 28.4 Å². The average molecular weight is 625 g/mol. The largest absolute Gasteiger partial charge is 0.481 e. The van der Waals surface area contributed by atoms with Crippen LogP contribution in [0.3, 0.4) is 0 Å². The van der Waals surface area contributed by atoms with Gasteiger partial charge in [-0.05, 0) is 30.3 Å². The average Bonchev–Trinajstić information content (AvgIpc) is 3.34. The maximum absolute atomic E-state index is 13.4. The number of sulfonamides is 1. The van der Waals surface area contributed by atoms with Crippen molar-refractivity contribution in [1.29, 1.82) is 0 Å². The van der Waals surface area contributed by atoms with E-state index >= 15 is 0 Å². The molecule has 14 heteroatoms. The maximum atomic E-state index is 13.4. The summed E-state index contributed by atoms with van der Waals surface area (Å²) in [5.74, 6) is 3.88. The molecule has 5 N–H and O–H groups in total. The number of carboxylic acids is 1. The van der Waals surface area contributed by atoms with Crippen LogP contribution in [0.1, 0.15) is 17.5 Å². The van der Waals surface area contributed by atoms with E-state index in [2.05, 4.69) is 27.4 Å². The standard InChI is InChI=1S/C30H36N6O7S/c1-34(21-27(37)36(12-10-28(38)39)14-13-35-15-17-43-18-16-35)44(41,42)24-8-3-7-23(19-24)32-20-25-29-22(6-4-11-31)5-2-9-26(29)33-30(25)40/h2-3,5,7-9,19-20,32H,10-18,21,31H2,1H3,(H,33,40)(H,38,39)/b25-20-. The monoisotopic (exact) mass is 624 g/mol. The van der Waals surface area contributed by atoms with E-state index in [1.54, 1.807) is 30.3 Å². The Morgan fingerprint density at radius 3 is 2.66 bits per heavy atom. The van der Waals surface area contributed by atoms with Crippen LogP contribution < -0.4 is 16.4 Å². The number of hydrogen-bond donors (Lipinski definition) is 4. The molecule has 2 aliphatic heterocycles. The zero-order chi connectivity index (χ0) is 31.7. The molecule has 0 unspecified atom stereocenters. The molecule has 2 aromatic carbocycles. The zero-order valence-electron chi connectivity index (χ0n) is 24.4. The Balaban J connectivity index is 1.47. The molecular weight excluding hydrogens is 588 g/mol. The van der Waals surface area contributed by atoms with Crippen molar-refractivity contribution < 1.29 is 32.6 Å². The van der Waals surface area contributed by atoms with Gasteiger partial charge in [-0.1, -0.05) is 24.0 Å². The number of ether oxygens (including phenoxy) is 1. The summed E-state index contributed by atoms with van der Waals surface area (Å²) in [7, 11) is -2.80. The number of benzene rings is 2. The quantitative estimate of drug-likeness (QED) is 0.194. The summed E-state index contributed by atoms with van der Waals surface area (Å²) >= 11 is 0. The number of rotatable bonds is 12. The number of likely N-dealkylation sites (N-methyl/N-ethyl adjacent to an activating group) is 1. The van der Waals surface area contributed by atoms with Gasteiger partial charge in [0, 0.05) is 62.8 Å². The molecule has 0 radical (unpaired) electrons. The van der Waals surface area contributed by atoms with Crippen LogP contribution in [0.15, 0.2) is 53.6 Å². The first-order chi connectivity index (χ1) is 21.1. The van der Waals surface area contributed by atoms with Crippen LogP contribution in [-0.2, 0) is 29.1 Å². The Labute approximate surface area is 256 Å². The third-order valence-corrected chi connectivity index (χ3v) is 8.97. The van der Waals surface area contributed by atoms with E-state index in [4.69, 9.17) is 15.6 Å². The van der Waals surface area contributed by atoms with E-state index in [0.717, 1.165) is 4.31 Å². The summed E-state index contributed by atoms with van der Waals surface area (Å²) < 4.78 is 33.2. The second-order valence-corrected chi connectivity index (χ2v) is 12.2. The summed E-state index contributed by atoms with van der Waals surface area (Å²) in [6.45, 7) is 3.04. The number of carbonyl (C=O) groups excluding carboxylic acids is 2. The van der Waals surface area contributed by atoms with E-state index in [1.807, 2.05) is 0 Å². The van der Waals surface area contributed by atoms with Crippen molar-refractivity contribution in [2.75, 3.05) is 76.7 Å². The topological polar surface area (TPSA) is 175 Å². The zero-order valence-corrected chi connectivity index (χ0v) is 25.2. The number of morpholine rings is 1. The summed E-state index contributed by atoms with van der Waals surface area (Å²) in [6, 6.07) is 11.3. The third-order valence-electron chi connectivity index (χ3n) is 7.17. The predicted molar refractivity (Wildman–Crippen MR) is 165 cm³/mol. The molecule has 2 heterocycles. The summed E-state index contributed by atoms with van der Waals surface area (Å²) in [5.41, 5.74) is 8.10. The Kier molecular flexibility index (Phi) is 11.1. The molecule has 0 atom stereocenters. The number of nitrogens with zero attached hydrogens (tertiary/aromatic N) is 3. The molecular formula is C30H36N6O7S. The number of carbonyl (C=O) groups is 3. The lowest BCUT2D eigenvalue weighted by atomic mass is 10.0. The van der Waals surface area contributed by atoms with Gasteiger partial charge in [0.05, 0.1) is 48.9 Å². The van der Waals surface area contributed by atoms with Crippen molar-refractivity contribution in [2.24, 2.45) is 5.73 Å². The molecule has 13 nitrogen and oxygen atoms in total. The van der Waals surface area contributed by atoms with Crippen molar-refractivity contribution in [2.45, 2.75) is 11.3 Å². The number of nitrogens with two attached hydrogens (primary N) is 1. The first kappa shape index (κ1) is 32.6. The smallest absolute Gasteiger partial charge is 0.305 e. The summed E-state index contributed by atoms with van der Waals surface area (Å²) in [5, 5.41) is 15.0. The van der Waals surface area contributed by atoms with Crippen molar-refractivity contribution >= 4 is 44.8 Å². The second-order valence-electron chi connectivity index (χ2n) is 10.2. The van der Waals surface area contributed by atoms with Crippen LogP contribution in [-0.4, -0.2) is 111 Å². The van der Waals surface area contributed by atoms with Crippen LogP contribution in [0, 0.1) is 11.8 Å². The lowest BCUT2D eigenvalue weighted by Crippen LogP contribution is -2.46. The van der Waals surface area contributed by atoms with Gasteiger partial charge in [-0.15, -0.1) is 0 Å². The molecule has 234 valence electrons. The van der Waals surface area contributed by atoms with Crippen molar-refractivity contribution in [3.05, 3.63) is 59.8 Å². The fraction of sp³-hybridized carbons (Fsp3) is 0.367. The Bertz CT molecular complexity index is 1590. The molecule has 1 saturated heterocycles. The number of amides is 2. The van der Waals surface area contributed by atoms with Gasteiger partial charge in [-0.25, -0.2) is 8.42 Å². The normalized spacial score (nSPS) is 15.8. The first-order valence-electron chi connectivity index (χ1n) is 14.1. The fourth-order valence-corrected chi connectivity index (χ4v) is 5.94. The molecule has 4 rings (SSSR count). The number of anilines is 2. The number of carboxylic acid groups (broad SMARTS) is 1. The highest BCUT2D eigenvalue weighted by molar-refractivity contribution is 7.89. The Morgan fingerprint density at radius 1 is 1.18 bits per heavy atom. The third kappa shape index (κ3) is 8.22. The van der Waals surface area contributed by atoms with E-state index in [1.165, 1.54) is 30.3 Å². The molecule has 1 fully saturated rings. The molecule has 2 aromatic rings. The van der Waals surface area contributed by atoms with E-state index in [-0.39, 0.29) is 36.9 Å². The molecule has 0 spiro atoms. The highest BCUT2D eigenvalue weighted by Gasteiger charge is 2.28. The molecule has 0 aromatic heterocycles. The molecule has 0 bridgehead atoms. The summed E-state index contributed by atoms with van der Waals surface area (Å²) in [4.78, 5) is 40.5. The summed E-state index contributed by atoms with van der Waals surface area (Å²) in [6.07, 6.45) is 1.24. The van der Waals surface area contributed by atoms with Crippen LogP contribution >= 0.6 is 0 Å². The number of nitrogens with one attached hydrogen (secondary N) is 2. The molecule has 0 aliphatic carbocycles. The lowest BCUT2D eigenvalue weighted by Gasteiger charge is -2.30. The van der Waals surface area contributed by atoms with Gasteiger partial charge in [0.25, 0.3) is 5.91 Å². The highest BCUT2D eigenvalue weighted by Crippen LogP contribution is 2.34.